The molecular formula is C14H11Cl2FN2O2. The van der Waals surface area contributed by atoms with E-state index in [1.165, 1.54) is 24.3 Å². The van der Waals surface area contributed by atoms with Crippen LogP contribution in [0.1, 0.15) is 11.1 Å². The number of hydrogen-bond donors (Lipinski definition) is 2. The fraction of sp³-hybridized carbons (Fsp3) is 0.0714. The van der Waals surface area contributed by atoms with Crippen molar-refractivity contribution in [2.24, 2.45) is 10.9 Å². The van der Waals surface area contributed by atoms with E-state index >= 15 is 0 Å². The molecular weight excluding hydrogens is 318 g/mol. The van der Waals surface area contributed by atoms with Crippen LogP contribution in [0.2, 0.25) is 10.0 Å². The van der Waals surface area contributed by atoms with E-state index in [1.807, 2.05) is 0 Å². The molecule has 0 heterocycles. The second-order valence-corrected chi connectivity index (χ2v) is 4.99. The molecule has 0 radical (unpaired) electrons. The molecule has 4 nitrogen and oxygen atoms in total. The van der Waals surface area contributed by atoms with Gasteiger partial charge >= 0.3 is 0 Å². The molecule has 2 rings (SSSR count). The number of benzene rings is 2. The molecule has 0 aromatic heterocycles. The first-order valence-electron chi connectivity index (χ1n) is 5.85. The van der Waals surface area contributed by atoms with Crippen LogP contribution >= 0.6 is 23.2 Å². The maximum atomic E-state index is 13.0. The fourth-order valence-electron chi connectivity index (χ4n) is 1.68. The first-order chi connectivity index (χ1) is 10.0. The number of halogens is 3. The molecule has 0 amide bonds. The van der Waals surface area contributed by atoms with Crippen LogP contribution in [0.4, 0.5) is 4.39 Å². The minimum absolute atomic E-state index is 0.0885. The lowest BCUT2D eigenvalue weighted by molar-refractivity contribution is 0.303. The van der Waals surface area contributed by atoms with Crippen LogP contribution in [-0.4, -0.2) is 11.0 Å². The van der Waals surface area contributed by atoms with E-state index in [0.717, 1.165) is 0 Å². The van der Waals surface area contributed by atoms with Crippen LogP contribution in [0.25, 0.3) is 0 Å². The lowest BCUT2D eigenvalue weighted by atomic mass is 10.2. The Labute approximate surface area is 130 Å². The summed E-state index contributed by atoms with van der Waals surface area (Å²) in [5.74, 6) is -0.200. The summed E-state index contributed by atoms with van der Waals surface area (Å²) in [6, 6.07) is 8.69. The quantitative estimate of drug-likeness (QED) is 0.388. The number of rotatable bonds is 4. The van der Waals surface area contributed by atoms with Gasteiger partial charge in [0.1, 0.15) is 18.2 Å². The zero-order valence-corrected chi connectivity index (χ0v) is 12.2. The zero-order chi connectivity index (χ0) is 15.4. The van der Waals surface area contributed by atoms with Crippen molar-refractivity contribution in [3.8, 4) is 5.75 Å². The molecule has 21 heavy (non-hydrogen) atoms. The molecule has 0 aliphatic carbocycles. The van der Waals surface area contributed by atoms with Gasteiger partial charge in [0.2, 0.25) is 0 Å². The highest BCUT2D eigenvalue weighted by Crippen LogP contribution is 2.26. The first kappa shape index (κ1) is 15.4. The van der Waals surface area contributed by atoms with Crippen molar-refractivity contribution < 1.29 is 14.3 Å². The summed E-state index contributed by atoms with van der Waals surface area (Å²) in [7, 11) is 0. The van der Waals surface area contributed by atoms with Gasteiger partial charge in [-0.15, -0.1) is 0 Å². The Kier molecular flexibility index (Phi) is 4.88. The van der Waals surface area contributed by atoms with Crippen molar-refractivity contribution in [2.75, 3.05) is 0 Å². The highest BCUT2D eigenvalue weighted by atomic mass is 35.5. The molecule has 0 fully saturated rings. The molecule has 0 saturated carbocycles. The summed E-state index contributed by atoms with van der Waals surface area (Å²) in [5.41, 5.74) is 6.55. The van der Waals surface area contributed by atoms with Gasteiger partial charge in [0, 0.05) is 10.6 Å². The maximum Gasteiger partial charge on any atom is 0.173 e. The van der Waals surface area contributed by atoms with E-state index in [2.05, 4.69) is 5.16 Å². The van der Waals surface area contributed by atoms with Crippen LogP contribution in [-0.2, 0) is 6.61 Å². The van der Waals surface area contributed by atoms with Crippen LogP contribution in [0.5, 0.6) is 5.75 Å². The van der Waals surface area contributed by atoms with Crippen LogP contribution in [0.15, 0.2) is 41.6 Å². The lowest BCUT2D eigenvalue weighted by Gasteiger charge is -2.12. The molecule has 2 aromatic rings. The molecule has 0 spiro atoms. The molecule has 0 bridgehead atoms. The summed E-state index contributed by atoms with van der Waals surface area (Å²) in [4.78, 5) is 0. The van der Waals surface area contributed by atoms with Gasteiger partial charge < -0.3 is 15.7 Å². The van der Waals surface area contributed by atoms with Gasteiger partial charge in [-0.2, -0.15) is 0 Å². The number of oxime groups is 1. The van der Waals surface area contributed by atoms with Crippen molar-refractivity contribution in [3.05, 3.63) is 63.4 Å². The van der Waals surface area contributed by atoms with Gasteiger partial charge in [-0.05, 0) is 30.3 Å². The molecule has 0 saturated heterocycles. The Morgan fingerprint density at radius 2 is 2.00 bits per heavy atom. The topological polar surface area (TPSA) is 67.8 Å². The first-order valence-corrected chi connectivity index (χ1v) is 6.61. The van der Waals surface area contributed by atoms with Crippen molar-refractivity contribution in [2.45, 2.75) is 6.61 Å². The number of nitrogens with two attached hydrogens (primary N) is 1. The average molecular weight is 329 g/mol. The highest BCUT2D eigenvalue weighted by molar-refractivity contribution is 6.31. The Bertz CT molecular complexity index is 693. The van der Waals surface area contributed by atoms with Gasteiger partial charge in [-0.3, -0.25) is 0 Å². The lowest BCUT2D eigenvalue weighted by Crippen LogP contribution is -2.14. The van der Waals surface area contributed by atoms with Crippen molar-refractivity contribution in [1.82, 2.24) is 0 Å². The number of amidine groups is 1. The normalized spacial score (nSPS) is 11.5. The largest absolute Gasteiger partial charge is 0.488 e. The van der Waals surface area contributed by atoms with E-state index in [4.69, 9.17) is 38.9 Å². The van der Waals surface area contributed by atoms with E-state index in [0.29, 0.717) is 21.9 Å². The molecule has 0 aliphatic heterocycles. The monoisotopic (exact) mass is 328 g/mol. The average Bonchev–Trinajstić information content (AvgIpc) is 2.45. The second kappa shape index (κ2) is 6.65. The van der Waals surface area contributed by atoms with Gasteiger partial charge in [-0.1, -0.05) is 34.4 Å². The van der Waals surface area contributed by atoms with E-state index in [9.17, 15) is 4.39 Å². The van der Waals surface area contributed by atoms with Gasteiger partial charge in [0.25, 0.3) is 0 Å². The van der Waals surface area contributed by atoms with Crippen molar-refractivity contribution in [3.63, 3.8) is 0 Å². The minimum atomic E-state index is -0.427. The van der Waals surface area contributed by atoms with Crippen molar-refractivity contribution in [1.29, 1.82) is 0 Å². The van der Waals surface area contributed by atoms with Crippen LogP contribution < -0.4 is 10.5 Å². The third-order valence-corrected chi connectivity index (χ3v) is 3.31. The predicted octanol–water partition coefficient (Wildman–Crippen LogP) is 3.81. The summed E-state index contributed by atoms with van der Waals surface area (Å²) < 4.78 is 18.6. The standard InChI is InChI=1S/C14H11Cl2FN2O2/c15-9-2-4-11(14(18)19-20)13(5-9)21-7-8-1-3-10(17)6-12(8)16/h1-6,20H,7H2,(H2,18,19). The maximum absolute atomic E-state index is 13.0. The number of nitrogens with zero attached hydrogens (tertiary/aromatic N) is 1. The number of ether oxygens (including phenoxy) is 1. The Morgan fingerprint density at radius 1 is 1.24 bits per heavy atom. The van der Waals surface area contributed by atoms with Crippen LogP contribution in [0, 0.1) is 5.82 Å². The third-order valence-electron chi connectivity index (χ3n) is 2.73. The molecule has 110 valence electrons. The smallest absolute Gasteiger partial charge is 0.173 e. The Balaban J connectivity index is 2.25. The van der Waals surface area contributed by atoms with E-state index in [1.54, 1.807) is 12.1 Å². The van der Waals surface area contributed by atoms with E-state index in [-0.39, 0.29) is 17.5 Å². The predicted molar refractivity (Wildman–Crippen MR) is 79.7 cm³/mol. The van der Waals surface area contributed by atoms with Gasteiger partial charge in [-0.25, -0.2) is 4.39 Å². The minimum Gasteiger partial charge on any atom is -0.488 e. The molecule has 3 N–H and O–H groups in total. The van der Waals surface area contributed by atoms with Crippen LogP contribution in [0.3, 0.4) is 0 Å². The summed E-state index contributed by atoms with van der Waals surface area (Å²) in [6.45, 7) is 0.0885. The summed E-state index contributed by atoms with van der Waals surface area (Å²) in [5, 5.41) is 12.4. The molecule has 0 atom stereocenters. The number of hydrogen-bond acceptors (Lipinski definition) is 3. The van der Waals surface area contributed by atoms with Gasteiger partial charge in [0.05, 0.1) is 10.6 Å². The van der Waals surface area contributed by atoms with Gasteiger partial charge in [0.15, 0.2) is 5.84 Å². The molecule has 0 unspecified atom stereocenters. The summed E-state index contributed by atoms with van der Waals surface area (Å²) in [6.07, 6.45) is 0. The van der Waals surface area contributed by atoms with Crippen molar-refractivity contribution >= 4 is 29.0 Å². The molecule has 0 aliphatic rings. The Morgan fingerprint density at radius 3 is 2.67 bits per heavy atom. The highest BCUT2D eigenvalue weighted by Gasteiger charge is 2.11. The summed E-state index contributed by atoms with van der Waals surface area (Å²) >= 11 is 11.8. The Hall–Kier alpha value is -1.98. The molecule has 7 heteroatoms. The van der Waals surface area contributed by atoms with E-state index < -0.39 is 5.82 Å². The SMILES string of the molecule is N/C(=N/O)c1ccc(Cl)cc1OCc1ccc(F)cc1Cl. The second-order valence-electron chi connectivity index (χ2n) is 4.15. The molecule has 2 aromatic carbocycles. The third kappa shape index (κ3) is 3.77. The fourth-order valence-corrected chi connectivity index (χ4v) is 2.06. The zero-order valence-electron chi connectivity index (χ0n) is 10.7.